The third-order valence-corrected chi connectivity index (χ3v) is 6.68. The number of carbonyl (C=O) groups is 4. The van der Waals surface area contributed by atoms with Crippen LogP contribution in [0.4, 0.5) is 4.79 Å². The Morgan fingerprint density at radius 3 is 2.38 bits per heavy atom. The Morgan fingerprint density at radius 2 is 1.71 bits per heavy atom. The van der Waals surface area contributed by atoms with E-state index in [1.54, 1.807) is 59.5 Å². The summed E-state index contributed by atoms with van der Waals surface area (Å²) in [6, 6.07) is 13.6. The van der Waals surface area contributed by atoms with Gasteiger partial charge in [0.05, 0.1) is 24.7 Å². The van der Waals surface area contributed by atoms with Crippen LogP contribution in [0, 0.1) is 0 Å². The monoisotopic (exact) mass is 544 g/mol. The molecule has 2 aliphatic heterocycles. The highest BCUT2D eigenvalue weighted by molar-refractivity contribution is 9.10. The number of rotatable bonds is 7. The van der Waals surface area contributed by atoms with E-state index in [4.69, 9.17) is 9.47 Å². The largest absolute Gasteiger partial charge is 0.484 e. The summed E-state index contributed by atoms with van der Waals surface area (Å²) < 4.78 is 11.6. The Labute approximate surface area is 209 Å². The lowest BCUT2D eigenvalue weighted by molar-refractivity contribution is -0.137. The molecule has 2 aromatic rings. The molecule has 0 saturated carbocycles. The molecule has 2 saturated heterocycles. The van der Waals surface area contributed by atoms with Crippen LogP contribution in [0.3, 0.4) is 0 Å². The molecule has 34 heavy (non-hydrogen) atoms. The second kappa shape index (κ2) is 11.0. The number of benzene rings is 2. The van der Waals surface area contributed by atoms with Gasteiger partial charge in [0.1, 0.15) is 5.75 Å². The van der Waals surface area contributed by atoms with E-state index in [1.165, 1.54) is 0 Å². The third kappa shape index (κ3) is 5.94. The van der Waals surface area contributed by atoms with E-state index in [0.717, 1.165) is 21.1 Å². The second-order valence-electron chi connectivity index (χ2n) is 7.55. The van der Waals surface area contributed by atoms with E-state index in [1.807, 2.05) is 0 Å². The smallest absolute Gasteiger partial charge is 0.293 e. The quantitative estimate of drug-likeness (QED) is 0.388. The second-order valence-corrected chi connectivity index (χ2v) is 9.46. The van der Waals surface area contributed by atoms with Crippen molar-refractivity contribution in [1.29, 1.82) is 0 Å². The maximum absolute atomic E-state index is 12.7. The zero-order chi connectivity index (χ0) is 24.1. The van der Waals surface area contributed by atoms with Gasteiger partial charge < -0.3 is 14.4 Å². The van der Waals surface area contributed by atoms with Crippen molar-refractivity contribution in [3.8, 4) is 5.75 Å². The van der Waals surface area contributed by atoms with E-state index < -0.39 is 11.1 Å². The summed E-state index contributed by atoms with van der Waals surface area (Å²) in [5.74, 6) is -0.397. The molecule has 2 aliphatic rings. The first-order chi connectivity index (χ1) is 16.4. The van der Waals surface area contributed by atoms with Crippen LogP contribution < -0.4 is 4.74 Å². The summed E-state index contributed by atoms with van der Waals surface area (Å²) in [5, 5.41) is -0.483. The zero-order valence-corrected chi connectivity index (χ0v) is 20.5. The van der Waals surface area contributed by atoms with Crippen molar-refractivity contribution in [2.75, 3.05) is 39.5 Å². The summed E-state index contributed by atoms with van der Waals surface area (Å²) in [6.07, 6.45) is 1.59. The number of thioether (sulfide) groups is 1. The van der Waals surface area contributed by atoms with Gasteiger partial charge in [0, 0.05) is 23.1 Å². The predicted molar refractivity (Wildman–Crippen MR) is 130 cm³/mol. The van der Waals surface area contributed by atoms with Crippen molar-refractivity contribution in [1.82, 2.24) is 9.80 Å². The van der Waals surface area contributed by atoms with Crippen molar-refractivity contribution in [3.05, 3.63) is 69.0 Å². The molecule has 8 nitrogen and oxygen atoms in total. The molecule has 2 aromatic carbocycles. The van der Waals surface area contributed by atoms with Crippen LogP contribution in [0.1, 0.15) is 15.9 Å². The predicted octanol–water partition coefficient (Wildman–Crippen LogP) is 3.61. The van der Waals surface area contributed by atoms with E-state index >= 15 is 0 Å². The highest BCUT2D eigenvalue weighted by Gasteiger charge is 2.36. The van der Waals surface area contributed by atoms with Crippen molar-refractivity contribution in [2.45, 2.75) is 0 Å². The average molecular weight is 545 g/mol. The number of halogens is 1. The molecule has 0 bridgehead atoms. The molecule has 0 aromatic heterocycles. The summed E-state index contributed by atoms with van der Waals surface area (Å²) in [5.41, 5.74) is 1.12. The standard InChI is InChI=1S/C24H21BrN2O6S/c25-18-5-3-17(4-6-18)20(28)14-27-23(30)21(34-24(27)31)13-16-1-7-19(8-2-16)33-15-22(29)26-9-11-32-12-10-26/h1-8,13H,9-12,14-15H2/b21-13+. The van der Waals surface area contributed by atoms with Crippen LogP contribution >= 0.6 is 27.7 Å². The van der Waals surface area contributed by atoms with Gasteiger partial charge in [-0.3, -0.25) is 24.1 Å². The summed E-state index contributed by atoms with van der Waals surface area (Å²) in [6.45, 7) is 1.81. The molecule has 0 N–H and O–H groups in total. The van der Waals surface area contributed by atoms with Gasteiger partial charge in [-0.05, 0) is 47.7 Å². The molecule has 3 amide bonds. The molecular formula is C24H21BrN2O6S. The molecule has 10 heteroatoms. The third-order valence-electron chi connectivity index (χ3n) is 5.25. The lowest BCUT2D eigenvalue weighted by atomic mass is 10.1. The fourth-order valence-corrected chi connectivity index (χ4v) is 4.47. The van der Waals surface area contributed by atoms with Gasteiger partial charge in [0.15, 0.2) is 12.4 Å². The normalized spacial score (nSPS) is 17.4. The molecule has 2 heterocycles. The van der Waals surface area contributed by atoms with E-state index in [-0.39, 0.29) is 29.7 Å². The van der Waals surface area contributed by atoms with Crippen LogP contribution in [-0.2, 0) is 14.3 Å². The average Bonchev–Trinajstić information content (AvgIpc) is 3.11. The topological polar surface area (TPSA) is 93.2 Å². The fraction of sp³-hybridized carbons (Fsp3) is 0.250. The van der Waals surface area contributed by atoms with Crippen LogP contribution in [0.5, 0.6) is 5.75 Å². The van der Waals surface area contributed by atoms with E-state index in [0.29, 0.717) is 43.2 Å². The zero-order valence-electron chi connectivity index (χ0n) is 18.1. The first kappa shape index (κ1) is 24.2. The highest BCUT2D eigenvalue weighted by Crippen LogP contribution is 2.32. The number of Topliss-reactive ketones (excluding diaryl/α,β-unsaturated/α-hetero) is 1. The molecule has 176 valence electrons. The molecule has 4 rings (SSSR count). The molecule has 0 unspecified atom stereocenters. The number of nitrogens with zero attached hydrogens (tertiary/aromatic N) is 2. The molecular weight excluding hydrogens is 524 g/mol. The maximum Gasteiger partial charge on any atom is 0.293 e. The molecule has 0 radical (unpaired) electrons. The Morgan fingerprint density at radius 1 is 1.03 bits per heavy atom. The van der Waals surface area contributed by atoms with Gasteiger partial charge in [-0.15, -0.1) is 0 Å². The van der Waals surface area contributed by atoms with Gasteiger partial charge in [0.2, 0.25) is 0 Å². The number of carbonyl (C=O) groups excluding carboxylic acids is 4. The number of imide groups is 1. The Bertz CT molecular complexity index is 1130. The number of hydrogen-bond donors (Lipinski definition) is 0. The lowest BCUT2D eigenvalue weighted by Crippen LogP contribution is -2.42. The van der Waals surface area contributed by atoms with Crippen LogP contribution in [0.15, 0.2) is 57.9 Å². The van der Waals surface area contributed by atoms with Gasteiger partial charge >= 0.3 is 0 Å². The number of ketones is 1. The Hall–Kier alpha value is -2.95. The van der Waals surface area contributed by atoms with Crippen LogP contribution in [-0.4, -0.2) is 72.1 Å². The summed E-state index contributed by atoms with van der Waals surface area (Å²) in [7, 11) is 0. The summed E-state index contributed by atoms with van der Waals surface area (Å²) in [4.78, 5) is 52.6. The first-order valence-corrected chi connectivity index (χ1v) is 12.1. The lowest BCUT2D eigenvalue weighted by Gasteiger charge is -2.26. The minimum Gasteiger partial charge on any atom is -0.484 e. The Balaban J connectivity index is 1.34. The number of hydrogen-bond acceptors (Lipinski definition) is 7. The van der Waals surface area contributed by atoms with E-state index in [9.17, 15) is 19.2 Å². The van der Waals surface area contributed by atoms with Crippen molar-refractivity contribution in [2.24, 2.45) is 0 Å². The first-order valence-electron chi connectivity index (χ1n) is 10.5. The van der Waals surface area contributed by atoms with Crippen molar-refractivity contribution >= 4 is 56.6 Å². The molecule has 2 fully saturated rings. The minimum absolute atomic E-state index is 0.0649. The SMILES string of the molecule is O=C(CN1C(=O)S/C(=C/c2ccc(OCC(=O)N3CCOCC3)cc2)C1=O)c1ccc(Br)cc1. The number of amides is 3. The van der Waals surface area contributed by atoms with Gasteiger partial charge in [-0.25, -0.2) is 0 Å². The van der Waals surface area contributed by atoms with Crippen molar-refractivity contribution < 1.29 is 28.7 Å². The molecule has 0 aliphatic carbocycles. The van der Waals surface area contributed by atoms with Crippen LogP contribution in [0.25, 0.3) is 6.08 Å². The Kier molecular flexibility index (Phi) is 7.81. The minimum atomic E-state index is -0.503. The van der Waals surface area contributed by atoms with Gasteiger partial charge in [-0.2, -0.15) is 0 Å². The molecule has 0 spiro atoms. The number of morpholine rings is 1. The van der Waals surface area contributed by atoms with Crippen molar-refractivity contribution in [3.63, 3.8) is 0 Å². The van der Waals surface area contributed by atoms with Gasteiger partial charge in [0.25, 0.3) is 17.1 Å². The molecule has 0 atom stereocenters. The van der Waals surface area contributed by atoms with Gasteiger partial charge in [-0.1, -0.05) is 40.2 Å². The van der Waals surface area contributed by atoms with Crippen LogP contribution in [0.2, 0.25) is 0 Å². The number of ether oxygens (including phenoxy) is 2. The summed E-state index contributed by atoms with van der Waals surface area (Å²) >= 11 is 4.11. The van der Waals surface area contributed by atoms with E-state index in [2.05, 4.69) is 15.9 Å². The highest BCUT2D eigenvalue weighted by atomic mass is 79.9. The fourth-order valence-electron chi connectivity index (χ4n) is 3.37. The maximum atomic E-state index is 12.7.